The van der Waals surface area contributed by atoms with Crippen molar-refractivity contribution in [3.8, 4) is 6.07 Å². The SMILES string of the molecule is Cc1nsc(Nc2cc(F)ccc2Cl)c1C#N. The van der Waals surface area contributed by atoms with Crippen molar-refractivity contribution in [3.63, 3.8) is 0 Å². The van der Waals surface area contributed by atoms with Crippen LogP contribution in [0.15, 0.2) is 18.2 Å². The summed E-state index contributed by atoms with van der Waals surface area (Å²) < 4.78 is 17.1. The highest BCUT2D eigenvalue weighted by Crippen LogP contribution is 2.31. The molecule has 0 aliphatic heterocycles. The van der Waals surface area contributed by atoms with Gasteiger partial charge in [-0.3, -0.25) is 0 Å². The van der Waals surface area contributed by atoms with E-state index in [1.54, 1.807) is 6.92 Å². The van der Waals surface area contributed by atoms with E-state index >= 15 is 0 Å². The summed E-state index contributed by atoms with van der Waals surface area (Å²) in [5, 5.41) is 12.8. The summed E-state index contributed by atoms with van der Waals surface area (Å²) in [4.78, 5) is 0. The molecule has 0 aliphatic carbocycles. The molecule has 0 saturated carbocycles. The van der Waals surface area contributed by atoms with Gasteiger partial charge in [0.25, 0.3) is 0 Å². The van der Waals surface area contributed by atoms with Crippen LogP contribution < -0.4 is 5.32 Å². The summed E-state index contributed by atoms with van der Waals surface area (Å²) in [6.45, 7) is 1.74. The molecule has 0 amide bonds. The van der Waals surface area contributed by atoms with Crippen LogP contribution in [-0.4, -0.2) is 4.37 Å². The second-order valence-corrected chi connectivity index (χ2v) is 4.51. The molecular formula is C11H7ClFN3S. The fourth-order valence-electron chi connectivity index (χ4n) is 1.30. The van der Waals surface area contributed by atoms with Crippen LogP contribution in [0.1, 0.15) is 11.3 Å². The maximum Gasteiger partial charge on any atom is 0.132 e. The fraction of sp³-hybridized carbons (Fsp3) is 0.0909. The van der Waals surface area contributed by atoms with Crippen LogP contribution in [0.2, 0.25) is 5.02 Å². The van der Waals surface area contributed by atoms with Gasteiger partial charge in [-0.05, 0) is 36.7 Å². The summed E-state index contributed by atoms with van der Waals surface area (Å²) in [7, 11) is 0. The molecule has 0 fully saturated rings. The van der Waals surface area contributed by atoms with Crippen molar-refractivity contribution in [2.75, 3.05) is 5.32 Å². The summed E-state index contributed by atoms with van der Waals surface area (Å²) >= 11 is 7.07. The van der Waals surface area contributed by atoms with E-state index in [0.717, 1.165) is 11.5 Å². The highest BCUT2D eigenvalue weighted by molar-refractivity contribution is 7.10. The second kappa shape index (κ2) is 4.70. The summed E-state index contributed by atoms with van der Waals surface area (Å²) in [5.74, 6) is -0.392. The van der Waals surface area contributed by atoms with Crippen LogP contribution in [0.3, 0.4) is 0 Å². The molecule has 0 bridgehead atoms. The topological polar surface area (TPSA) is 48.7 Å². The first kappa shape index (κ1) is 11.8. The van der Waals surface area contributed by atoms with Gasteiger partial charge in [-0.15, -0.1) is 0 Å². The van der Waals surface area contributed by atoms with Crippen molar-refractivity contribution in [3.05, 3.63) is 40.3 Å². The molecule has 1 heterocycles. The van der Waals surface area contributed by atoms with E-state index in [2.05, 4.69) is 9.69 Å². The Kier molecular flexibility index (Phi) is 3.27. The summed E-state index contributed by atoms with van der Waals surface area (Å²) in [5.41, 5.74) is 1.52. The predicted molar refractivity (Wildman–Crippen MR) is 66.3 cm³/mol. The van der Waals surface area contributed by atoms with Crippen LogP contribution >= 0.6 is 23.1 Å². The third-order valence-electron chi connectivity index (χ3n) is 2.15. The molecule has 0 spiro atoms. The van der Waals surface area contributed by atoms with Crippen LogP contribution in [0.25, 0.3) is 0 Å². The number of anilines is 2. The van der Waals surface area contributed by atoms with E-state index in [9.17, 15) is 4.39 Å². The molecule has 6 heteroatoms. The Hall–Kier alpha value is -1.64. The zero-order valence-corrected chi connectivity index (χ0v) is 10.4. The van der Waals surface area contributed by atoms with E-state index in [-0.39, 0.29) is 0 Å². The van der Waals surface area contributed by atoms with Gasteiger partial charge in [0, 0.05) is 0 Å². The molecule has 1 aromatic heterocycles. The third kappa shape index (κ3) is 2.38. The van der Waals surface area contributed by atoms with Crippen molar-refractivity contribution < 1.29 is 4.39 Å². The summed E-state index contributed by atoms with van der Waals surface area (Å²) in [6.07, 6.45) is 0. The molecule has 1 aromatic carbocycles. The van der Waals surface area contributed by atoms with Crippen molar-refractivity contribution in [2.45, 2.75) is 6.92 Å². The first-order valence-corrected chi connectivity index (χ1v) is 5.85. The molecule has 0 saturated heterocycles. The molecule has 0 unspecified atom stereocenters. The number of nitriles is 1. The third-order valence-corrected chi connectivity index (χ3v) is 3.33. The Labute approximate surface area is 107 Å². The number of rotatable bonds is 2. The average Bonchev–Trinajstić information content (AvgIpc) is 2.64. The maximum atomic E-state index is 13.1. The highest BCUT2D eigenvalue weighted by Gasteiger charge is 2.11. The Bertz CT molecular complexity index is 603. The van der Waals surface area contributed by atoms with Crippen molar-refractivity contribution >= 4 is 33.8 Å². The van der Waals surface area contributed by atoms with Gasteiger partial charge in [-0.2, -0.15) is 9.64 Å². The molecule has 86 valence electrons. The summed E-state index contributed by atoms with van der Waals surface area (Å²) in [6, 6.07) is 6.06. The lowest BCUT2D eigenvalue weighted by Gasteiger charge is -2.06. The number of benzene rings is 1. The van der Waals surface area contributed by atoms with Gasteiger partial charge in [0.1, 0.15) is 22.5 Å². The van der Waals surface area contributed by atoms with Gasteiger partial charge in [-0.1, -0.05) is 11.6 Å². The van der Waals surface area contributed by atoms with E-state index in [1.807, 2.05) is 6.07 Å². The minimum absolute atomic E-state index is 0.390. The minimum atomic E-state index is -0.392. The number of hydrogen-bond acceptors (Lipinski definition) is 4. The van der Waals surface area contributed by atoms with Gasteiger partial charge >= 0.3 is 0 Å². The number of hydrogen-bond donors (Lipinski definition) is 1. The van der Waals surface area contributed by atoms with Crippen molar-refractivity contribution in [1.29, 1.82) is 5.26 Å². The number of aromatic nitrogens is 1. The zero-order chi connectivity index (χ0) is 12.4. The van der Waals surface area contributed by atoms with Gasteiger partial charge in [-0.25, -0.2) is 4.39 Å². The van der Waals surface area contributed by atoms with Crippen molar-refractivity contribution in [1.82, 2.24) is 4.37 Å². The molecule has 2 rings (SSSR count). The van der Waals surface area contributed by atoms with E-state index in [4.69, 9.17) is 16.9 Å². The highest BCUT2D eigenvalue weighted by atomic mass is 35.5. The number of halogens is 2. The first-order valence-electron chi connectivity index (χ1n) is 4.70. The van der Waals surface area contributed by atoms with Crippen LogP contribution in [0.5, 0.6) is 0 Å². The van der Waals surface area contributed by atoms with E-state index in [0.29, 0.717) is 27.0 Å². The lowest BCUT2D eigenvalue weighted by atomic mass is 10.2. The smallest absolute Gasteiger partial charge is 0.132 e. The molecular weight excluding hydrogens is 261 g/mol. The minimum Gasteiger partial charge on any atom is -0.344 e. The molecule has 0 aliphatic rings. The van der Waals surface area contributed by atoms with Crippen LogP contribution in [0, 0.1) is 24.1 Å². The van der Waals surface area contributed by atoms with E-state index in [1.165, 1.54) is 18.2 Å². The van der Waals surface area contributed by atoms with Crippen molar-refractivity contribution in [2.24, 2.45) is 0 Å². The normalized spacial score (nSPS) is 10.0. The molecule has 17 heavy (non-hydrogen) atoms. The molecule has 3 nitrogen and oxygen atoms in total. The largest absolute Gasteiger partial charge is 0.344 e. The zero-order valence-electron chi connectivity index (χ0n) is 8.79. The van der Waals surface area contributed by atoms with Gasteiger partial charge in [0.05, 0.1) is 16.4 Å². The lowest BCUT2D eigenvalue weighted by Crippen LogP contribution is -1.92. The Morgan fingerprint density at radius 3 is 3.00 bits per heavy atom. The average molecular weight is 268 g/mol. The van der Waals surface area contributed by atoms with Crippen LogP contribution in [0.4, 0.5) is 15.1 Å². The second-order valence-electron chi connectivity index (χ2n) is 3.33. The molecule has 2 aromatic rings. The number of nitrogens with zero attached hydrogens (tertiary/aromatic N) is 2. The van der Waals surface area contributed by atoms with Crippen LogP contribution in [-0.2, 0) is 0 Å². The number of nitrogens with one attached hydrogen (secondary N) is 1. The predicted octanol–water partition coefficient (Wildman–Crippen LogP) is 3.86. The quantitative estimate of drug-likeness (QED) is 0.899. The first-order chi connectivity index (χ1) is 8.11. The Morgan fingerprint density at radius 2 is 2.29 bits per heavy atom. The van der Waals surface area contributed by atoms with Gasteiger partial charge in [0.15, 0.2) is 0 Å². The fourth-order valence-corrected chi connectivity index (χ4v) is 2.23. The maximum absolute atomic E-state index is 13.1. The van der Waals surface area contributed by atoms with Gasteiger partial charge in [0.2, 0.25) is 0 Å². The molecule has 0 atom stereocenters. The monoisotopic (exact) mass is 267 g/mol. The molecule has 0 radical (unpaired) electrons. The lowest BCUT2D eigenvalue weighted by molar-refractivity contribution is 0.628. The van der Waals surface area contributed by atoms with E-state index < -0.39 is 5.82 Å². The Morgan fingerprint density at radius 1 is 1.53 bits per heavy atom. The number of aryl methyl sites for hydroxylation is 1. The Balaban J connectivity index is 2.38. The molecule has 1 N–H and O–H groups in total. The van der Waals surface area contributed by atoms with Gasteiger partial charge < -0.3 is 5.32 Å². The standard InChI is InChI=1S/C11H7ClFN3S/c1-6-8(5-14)11(17-16-6)15-10-4-7(13)2-3-9(10)12/h2-4,15H,1H3.